The first-order valence-corrected chi connectivity index (χ1v) is 7.62. The van der Waals surface area contributed by atoms with Gasteiger partial charge in [-0.2, -0.15) is 5.26 Å². The van der Waals surface area contributed by atoms with Crippen LogP contribution >= 0.6 is 0 Å². The molecule has 2 fully saturated rings. The van der Waals surface area contributed by atoms with Crippen molar-refractivity contribution in [3.63, 3.8) is 0 Å². The Morgan fingerprint density at radius 3 is 2.82 bits per heavy atom. The number of nitrogens with one attached hydrogen (secondary N) is 1. The van der Waals surface area contributed by atoms with Gasteiger partial charge in [0.1, 0.15) is 6.07 Å². The van der Waals surface area contributed by atoms with E-state index in [4.69, 9.17) is 9.68 Å². The van der Waals surface area contributed by atoms with Gasteiger partial charge in [0.2, 0.25) is 5.76 Å². The maximum Gasteiger partial charge on any atom is 0.204 e. The SMILES string of the molecule is CN1C2CCC1CC(Nc1ncc3oc(C#N)cc3c1F)C2. The van der Waals surface area contributed by atoms with Crippen molar-refractivity contribution in [2.24, 2.45) is 0 Å². The third kappa shape index (κ3) is 2.04. The van der Waals surface area contributed by atoms with Gasteiger partial charge >= 0.3 is 0 Å². The molecule has 114 valence electrons. The normalized spacial score (nSPS) is 28.0. The Bertz CT molecular complexity index is 751. The highest BCUT2D eigenvalue weighted by Gasteiger charge is 2.38. The summed E-state index contributed by atoms with van der Waals surface area (Å²) in [6.45, 7) is 0. The Balaban J connectivity index is 1.60. The zero-order chi connectivity index (χ0) is 15.3. The minimum atomic E-state index is -0.436. The second-order valence-corrected chi connectivity index (χ2v) is 6.28. The van der Waals surface area contributed by atoms with Crippen LogP contribution in [0.3, 0.4) is 0 Å². The van der Waals surface area contributed by atoms with E-state index in [1.165, 1.54) is 25.1 Å². The summed E-state index contributed by atoms with van der Waals surface area (Å²) in [5.74, 6) is -0.0778. The summed E-state index contributed by atoms with van der Waals surface area (Å²) in [6, 6.07) is 4.73. The average Bonchev–Trinajstić information content (AvgIpc) is 3.01. The summed E-state index contributed by atoms with van der Waals surface area (Å²) in [7, 11) is 2.18. The van der Waals surface area contributed by atoms with Crippen molar-refractivity contribution in [2.45, 2.75) is 43.8 Å². The first-order valence-electron chi connectivity index (χ1n) is 7.62. The molecule has 2 aliphatic rings. The predicted molar refractivity (Wildman–Crippen MR) is 79.9 cm³/mol. The van der Waals surface area contributed by atoms with Gasteiger partial charge in [-0.15, -0.1) is 0 Å². The van der Waals surface area contributed by atoms with Crippen LogP contribution in [0.5, 0.6) is 0 Å². The van der Waals surface area contributed by atoms with E-state index in [-0.39, 0.29) is 17.6 Å². The van der Waals surface area contributed by atoms with Crippen LogP contribution in [0.15, 0.2) is 16.7 Å². The molecule has 0 spiro atoms. The number of halogens is 1. The molecule has 2 aromatic heterocycles. The molecule has 2 unspecified atom stereocenters. The van der Waals surface area contributed by atoms with Crippen LogP contribution in [-0.4, -0.2) is 35.1 Å². The number of nitrogens with zero attached hydrogens (tertiary/aromatic N) is 3. The third-order valence-electron chi connectivity index (χ3n) is 5.07. The molecule has 22 heavy (non-hydrogen) atoms. The van der Waals surface area contributed by atoms with Crippen molar-refractivity contribution in [3.8, 4) is 6.07 Å². The van der Waals surface area contributed by atoms with Gasteiger partial charge in [0.15, 0.2) is 17.2 Å². The van der Waals surface area contributed by atoms with Gasteiger partial charge in [0, 0.05) is 24.2 Å². The molecule has 0 saturated carbocycles. The lowest BCUT2D eigenvalue weighted by Crippen LogP contribution is -2.44. The maximum atomic E-state index is 14.6. The number of hydrogen-bond donors (Lipinski definition) is 1. The highest BCUT2D eigenvalue weighted by atomic mass is 19.1. The molecule has 2 atom stereocenters. The Morgan fingerprint density at radius 2 is 2.14 bits per heavy atom. The lowest BCUT2D eigenvalue weighted by atomic mass is 9.98. The van der Waals surface area contributed by atoms with E-state index in [1.807, 2.05) is 6.07 Å². The number of aromatic nitrogens is 1. The van der Waals surface area contributed by atoms with Crippen LogP contribution in [0.25, 0.3) is 11.0 Å². The number of pyridine rings is 1. The van der Waals surface area contributed by atoms with Gasteiger partial charge in [-0.1, -0.05) is 0 Å². The number of furan rings is 1. The highest BCUT2D eigenvalue weighted by molar-refractivity contribution is 5.81. The fraction of sp³-hybridized carbons (Fsp3) is 0.500. The highest BCUT2D eigenvalue weighted by Crippen LogP contribution is 2.36. The number of hydrogen-bond acceptors (Lipinski definition) is 5. The van der Waals surface area contributed by atoms with Crippen molar-refractivity contribution in [2.75, 3.05) is 12.4 Å². The monoisotopic (exact) mass is 300 g/mol. The van der Waals surface area contributed by atoms with Gasteiger partial charge < -0.3 is 14.6 Å². The topological polar surface area (TPSA) is 65.1 Å². The van der Waals surface area contributed by atoms with E-state index >= 15 is 0 Å². The lowest BCUT2D eigenvalue weighted by Gasteiger charge is -2.36. The van der Waals surface area contributed by atoms with Gasteiger partial charge in [-0.3, -0.25) is 0 Å². The third-order valence-corrected chi connectivity index (χ3v) is 5.07. The first kappa shape index (κ1) is 13.5. The summed E-state index contributed by atoms with van der Waals surface area (Å²) in [4.78, 5) is 6.58. The summed E-state index contributed by atoms with van der Waals surface area (Å²) >= 11 is 0. The van der Waals surface area contributed by atoms with E-state index in [9.17, 15) is 4.39 Å². The molecular formula is C16H17FN4O. The molecule has 0 radical (unpaired) electrons. The molecule has 2 aliphatic heterocycles. The Morgan fingerprint density at radius 1 is 1.41 bits per heavy atom. The van der Waals surface area contributed by atoms with E-state index in [1.54, 1.807) is 0 Å². The van der Waals surface area contributed by atoms with E-state index in [0.29, 0.717) is 23.1 Å². The van der Waals surface area contributed by atoms with E-state index in [2.05, 4.69) is 22.2 Å². The van der Waals surface area contributed by atoms with Crippen LogP contribution in [-0.2, 0) is 0 Å². The lowest BCUT2D eigenvalue weighted by molar-refractivity contribution is 0.168. The van der Waals surface area contributed by atoms with E-state index in [0.717, 1.165) is 12.8 Å². The molecule has 0 amide bonds. The number of rotatable bonds is 2. The molecule has 4 rings (SSSR count). The molecule has 0 aliphatic carbocycles. The van der Waals surface area contributed by atoms with Crippen molar-refractivity contribution < 1.29 is 8.81 Å². The zero-order valence-electron chi connectivity index (χ0n) is 12.3. The Hall–Kier alpha value is -2.13. The quantitative estimate of drug-likeness (QED) is 0.924. The zero-order valence-corrected chi connectivity index (χ0v) is 12.3. The Kier molecular flexibility index (Phi) is 3.05. The molecule has 5 nitrogen and oxygen atoms in total. The standard InChI is InChI=1S/C16H17FN4O/c1-21-10-2-3-11(21)5-9(4-10)20-16-15(17)13-6-12(7-18)22-14(13)8-19-16/h6,8-11H,2-5H2,1H3,(H,19,20). The fourth-order valence-electron chi connectivity index (χ4n) is 3.86. The minimum absolute atomic E-state index is 0.102. The van der Waals surface area contributed by atoms with Gasteiger partial charge in [0.25, 0.3) is 0 Å². The largest absolute Gasteiger partial charge is 0.444 e. The summed E-state index contributed by atoms with van der Waals surface area (Å²) in [5.41, 5.74) is 0.308. The van der Waals surface area contributed by atoms with Crippen molar-refractivity contribution in [1.29, 1.82) is 5.26 Å². The summed E-state index contributed by atoms with van der Waals surface area (Å²) in [6.07, 6.45) is 5.95. The average molecular weight is 300 g/mol. The van der Waals surface area contributed by atoms with Crippen molar-refractivity contribution in [1.82, 2.24) is 9.88 Å². The van der Waals surface area contributed by atoms with Gasteiger partial charge in [-0.25, -0.2) is 9.37 Å². The molecule has 0 aromatic carbocycles. The van der Waals surface area contributed by atoms with E-state index < -0.39 is 5.82 Å². The molecular weight excluding hydrogens is 283 g/mol. The molecule has 2 saturated heterocycles. The molecule has 4 heterocycles. The minimum Gasteiger partial charge on any atom is -0.444 e. The second-order valence-electron chi connectivity index (χ2n) is 6.28. The second kappa shape index (κ2) is 4.96. The van der Waals surface area contributed by atoms with Crippen LogP contribution in [0.4, 0.5) is 10.2 Å². The van der Waals surface area contributed by atoms with Crippen LogP contribution in [0, 0.1) is 17.1 Å². The fourth-order valence-corrected chi connectivity index (χ4v) is 3.86. The van der Waals surface area contributed by atoms with Gasteiger partial charge in [0.05, 0.1) is 11.6 Å². The van der Waals surface area contributed by atoms with Crippen LogP contribution < -0.4 is 5.32 Å². The Labute approximate surface area is 127 Å². The van der Waals surface area contributed by atoms with Gasteiger partial charge in [-0.05, 0) is 32.7 Å². The molecule has 1 N–H and O–H groups in total. The van der Waals surface area contributed by atoms with Crippen molar-refractivity contribution in [3.05, 3.63) is 23.8 Å². The number of anilines is 1. The number of piperidine rings is 1. The predicted octanol–water partition coefficient (Wildman–Crippen LogP) is 2.88. The summed E-state index contributed by atoms with van der Waals surface area (Å²) < 4.78 is 19.8. The smallest absolute Gasteiger partial charge is 0.204 e. The van der Waals surface area contributed by atoms with Crippen LogP contribution in [0.2, 0.25) is 0 Å². The maximum absolute atomic E-state index is 14.6. The van der Waals surface area contributed by atoms with Crippen molar-refractivity contribution >= 4 is 16.8 Å². The summed E-state index contributed by atoms with van der Waals surface area (Å²) in [5, 5.41) is 12.4. The molecule has 2 bridgehead atoms. The molecule has 6 heteroatoms. The first-order chi connectivity index (χ1) is 10.7. The number of fused-ring (bicyclic) bond motifs is 3. The number of nitriles is 1. The van der Waals surface area contributed by atoms with Crippen LogP contribution in [0.1, 0.15) is 31.4 Å². The molecule has 2 aromatic rings.